The van der Waals surface area contributed by atoms with Gasteiger partial charge in [0.2, 0.25) is 0 Å². The predicted octanol–water partition coefficient (Wildman–Crippen LogP) is 8.42. The SMILES string of the molecule is CC(C)c1nc2ccc(Br)cc2c(=O)n1N=Cc1c(OCc2ccc(Br)cc2Br)ccc2ccccc12. The van der Waals surface area contributed by atoms with Gasteiger partial charge in [0.1, 0.15) is 18.2 Å². The number of nitrogens with zero attached hydrogens (tertiary/aromatic N) is 3. The van der Waals surface area contributed by atoms with Crippen molar-refractivity contribution in [3.63, 3.8) is 0 Å². The zero-order valence-corrected chi connectivity index (χ0v) is 24.8. The molecule has 1 aromatic heterocycles. The molecule has 0 radical (unpaired) electrons. The Morgan fingerprint density at radius 3 is 2.49 bits per heavy atom. The highest BCUT2D eigenvalue weighted by molar-refractivity contribution is 9.11. The molecule has 0 aliphatic heterocycles. The summed E-state index contributed by atoms with van der Waals surface area (Å²) in [6.07, 6.45) is 1.70. The van der Waals surface area contributed by atoms with Gasteiger partial charge in [0.25, 0.3) is 5.56 Å². The number of aromatic nitrogens is 2. The Kier molecular flexibility index (Phi) is 7.60. The van der Waals surface area contributed by atoms with Gasteiger partial charge in [-0.05, 0) is 47.2 Å². The van der Waals surface area contributed by atoms with E-state index in [9.17, 15) is 4.79 Å². The summed E-state index contributed by atoms with van der Waals surface area (Å²) in [5.41, 5.74) is 2.24. The van der Waals surface area contributed by atoms with E-state index in [4.69, 9.17) is 9.72 Å². The molecule has 0 atom stereocenters. The van der Waals surface area contributed by atoms with Crippen molar-refractivity contribution < 1.29 is 4.74 Å². The van der Waals surface area contributed by atoms with Crippen molar-refractivity contribution in [3.8, 4) is 5.75 Å². The molecule has 5 aromatic rings. The normalized spacial score (nSPS) is 11.7. The van der Waals surface area contributed by atoms with Gasteiger partial charge in [-0.25, -0.2) is 4.98 Å². The second kappa shape index (κ2) is 10.9. The van der Waals surface area contributed by atoms with Crippen molar-refractivity contribution in [1.82, 2.24) is 9.66 Å². The van der Waals surface area contributed by atoms with Crippen molar-refractivity contribution in [3.05, 3.63) is 114 Å². The van der Waals surface area contributed by atoms with Crippen LogP contribution in [0, 0.1) is 0 Å². The summed E-state index contributed by atoms with van der Waals surface area (Å²) >= 11 is 10.6. The van der Waals surface area contributed by atoms with Crippen LogP contribution in [0.2, 0.25) is 0 Å². The van der Waals surface area contributed by atoms with E-state index in [1.165, 1.54) is 4.68 Å². The molecule has 0 unspecified atom stereocenters. The van der Waals surface area contributed by atoms with Crippen molar-refractivity contribution in [2.24, 2.45) is 5.10 Å². The number of hydrogen-bond donors (Lipinski definition) is 0. The number of hydrogen-bond acceptors (Lipinski definition) is 4. The fourth-order valence-corrected chi connectivity index (χ4v) is 5.62. The molecule has 37 heavy (non-hydrogen) atoms. The summed E-state index contributed by atoms with van der Waals surface area (Å²) in [5, 5.41) is 7.22. The van der Waals surface area contributed by atoms with Gasteiger partial charge < -0.3 is 4.74 Å². The summed E-state index contributed by atoms with van der Waals surface area (Å²) < 4.78 is 10.5. The molecule has 0 N–H and O–H groups in total. The van der Waals surface area contributed by atoms with Crippen LogP contribution in [0.3, 0.4) is 0 Å². The van der Waals surface area contributed by atoms with Gasteiger partial charge in [0.05, 0.1) is 17.1 Å². The molecule has 0 saturated heterocycles. The first-order valence-corrected chi connectivity index (χ1v) is 14.0. The molecular weight excluding hydrogens is 662 g/mol. The highest BCUT2D eigenvalue weighted by Gasteiger charge is 2.15. The quantitative estimate of drug-likeness (QED) is 0.169. The maximum absolute atomic E-state index is 13.5. The van der Waals surface area contributed by atoms with Gasteiger partial charge in [-0.3, -0.25) is 4.79 Å². The molecule has 5 nitrogen and oxygen atoms in total. The first-order chi connectivity index (χ1) is 17.8. The predicted molar refractivity (Wildman–Crippen MR) is 161 cm³/mol. The summed E-state index contributed by atoms with van der Waals surface area (Å²) in [6, 6.07) is 23.5. The maximum Gasteiger partial charge on any atom is 0.282 e. The van der Waals surface area contributed by atoms with Gasteiger partial charge in [-0.1, -0.05) is 98.0 Å². The average Bonchev–Trinajstić information content (AvgIpc) is 2.88. The van der Waals surface area contributed by atoms with Gasteiger partial charge in [-0.2, -0.15) is 9.78 Å². The molecule has 186 valence electrons. The lowest BCUT2D eigenvalue weighted by molar-refractivity contribution is 0.305. The third-order valence-corrected chi connectivity index (χ3v) is 7.71. The van der Waals surface area contributed by atoms with E-state index >= 15 is 0 Å². The largest absolute Gasteiger partial charge is 0.488 e. The maximum atomic E-state index is 13.5. The Hall–Kier alpha value is -2.81. The minimum absolute atomic E-state index is 0.00381. The highest BCUT2D eigenvalue weighted by atomic mass is 79.9. The van der Waals surface area contributed by atoms with Gasteiger partial charge in [0.15, 0.2) is 0 Å². The fraction of sp³-hybridized carbons (Fsp3) is 0.138. The Morgan fingerprint density at radius 2 is 1.70 bits per heavy atom. The number of fused-ring (bicyclic) bond motifs is 2. The van der Waals surface area contributed by atoms with Crippen LogP contribution >= 0.6 is 47.8 Å². The molecule has 0 saturated carbocycles. The van der Waals surface area contributed by atoms with Gasteiger partial charge >= 0.3 is 0 Å². The highest BCUT2D eigenvalue weighted by Crippen LogP contribution is 2.29. The number of ether oxygens (including phenoxy) is 1. The Labute approximate surface area is 239 Å². The second-order valence-corrected chi connectivity index (χ2v) is 11.6. The smallest absolute Gasteiger partial charge is 0.282 e. The lowest BCUT2D eigenvalue weighted by atomic mass is 10.0. The molecule has 0 spiro atoms. The van der Waals surface area contributed by atoms with Crippen LogP contribution in [0.25, 0.3) is 21.7 Å². The van der Waals surface area contributed by atoms with Crippen LogP contribution in [0.4, 0.5) is 0 Å². The first-order valence-electron chi connectivity index (χ1n) is 11.7. The van der Waals surface area contributed by atoms with E-state index in [0.717, 1.165) is 35.3 Å². The molecule has 0 aliphatic carbocycles. The second-order valence-electron chi connectivity index (χ2n) is 8.87. The van der Waals surface area contributed by atoms with E-state index in [1.54, 1.807) is 12.3 Å². The van der Waals surface area contributed by atoms with Crippen LogP contribution < -0.4 is 10.3 Å². The number of benzene rings is 4. The average molecular weight is 684 g/mol. The van der Waals surface area contributed by atoms with Gasteiger partial charge in [-0.15, -0.1) is 0 Å². The fourth-order valence-electron chi connectivity index (χ4n) is 4.10. The van der Waals surface area contributed by atoms with E-state index in [1.807, 2.05) is 80.6 Å². The topological polar surface area (TPSA) is 56.5 Å². The van der Waals surface area contributed by atoms with Crippen LogP contribution in [-0.4, -0.2) is 15.9 Å². The Bertz CT molecular complexity index is 1730. The van der Waals surface area contributed by atoms with E-state index < -0.39 is 0 Å². The third kappa shape index (κ3) is 5.42. The summed E-state index contributed by atoms with van der Waals surface area (Å²) in [5.74, 6) is 1.27. The zero-order chi connectivity index (χ0) is 26.1. The minimum atomic E-state index is -0.215. The first kappa shape index (κ1) is 25.8. The van der Waals surface area contributed by atoms with Crippen LogP contribution in [0.1, 0.15) is 36.7 Å². The zero-order valence-electron chi connectivity index (χ0n) is 20.1. The van der Waals surface area contributed by atoms with Crippen LogP contribution in [0.15, 0.2) is 96.1 Å². The molecule has 5 rings (SSSR count). The molecule has 0 aliphatic rings. The van der Waals surface area contributed by atoms with Crippen molar-refractivity contribution in [2.45, 2.75) is 26.4 Å². The summed E-state index contributed by atoms with van der Waals surface area (Å²) in [4.78, 5) is 18.3. The molecule has 4 aromatic carbocycles. The third-order valence-electron chi connectivity index (χ3n) is 5.98. The molecule has 8 heteroatoms. The standard InChI is InChI=1S/C29H22Br3N3O2/c1-17(2)28-34-26-11-10-20(30)13-23(26)29(36)35(28)33-15-24-22-6-4-3-5-18(22)8-12-27(24)37-16-19-7-9-21(31)14-25(19)32/h3-15,17H,16H2,1-2H3. The van der Waals surface area contributed by atoms with Crippen molar-refractivity contribution >= 4 is 75.7 Å². The summed E-state index contributed by atoms with van der Waals surface area (Å²) in [6.45, 7) is 4.37. The molecule has 0 amide bonds. The Morgan fingerprint density at radius 1 is 0.946 bits per heavy atom. The number of rotatable bonds is 6. The minimum Gasteiger partial charge on any atom is -0.488 e. The van der Waals surface area contributed by atoms with Crippen molar-refractivity contribution in [2.75, 3.05) is 0 Å². The van der Waals surface area contributed by atoms with Crippen molar-refractivity contribution in [1.29, 1.82) is 0 Å². The van der Waals surface area contributed by atoms with Crippen LogP contribution in [-0.2, 0) is 6.61 Å². The lowest BCUT2D eigenvalue weighted by Crippen LogP contribution is -2.23. The van der Waals surface area contributed by atoms with E-state index in [-0.39, 0.29) is 11.5 Å². The van der Waals surface area contributed by atoms with Crippen LogP contribution in [0.5, 0.6) is 5.75 Å². The van der Waals surface area contributed by atoms with E-state index in [2.05, 4.69) is 52.9 Å². The molecule has 0 bridgehead atoms. The van der Waals surface area contributed by atoms with Gasteiger partial charge in [0, 0.05) is 30.5 Å². The number of halogens is 3. The summed E-state index contributed by atoms with van der Waals surface area (Å²) in [7, 11) is 0. The lowest BCUT2D eigenvalue weighted by Gasteiger charge is -2.14. The molecule has 1 heterocycles. The molecular formula is C29H22Br3N3O2. The molecule has 0 fully saturated rings. The Balaban J connectivity index is 1.62. The van der Waals surface area contributed by atoms with E-state index in [0.29, 0.717) is 29.1 Å². The monoisotopic (exact) mass is 681 g/mol.